The molecule has 0 unspecified atom stereocenters. The van der Waals surface area contributed by atoms with Crippen LogP contribution in [0.25, 0.3) is 16.3 Å². The number of benzene rings is 3. The summed E-state index contributed by atoms with van der Waals surface area (Å²) >= 11 is 0. The standard InChI is InChI=1S/C23H19N/c24-23-7-3-4-18(15-23)14-17-8-10-20(11-9-17)22-13-12-19-5-1-2-6-21(19)16-22/h1-7,10-13,15-16H,8,14,24H2. The van der Waals surface area contributed by atoms with Crippen molar-refractivity contribution in [1.82, 2.24) is 0 Å². The molecule has 0 radical (unpaired) electrons. The largest absolute Gasteiger partial charge is 0.399 e. The summed E-state index contributed by atoms with van der Waals surface area (Å²) in [6.07, 6.45) is 6.24. The van der Waals surface area contributed by atoms with E-state index in [9.17, 15) is 0 Å². The molecule has 0 bridgehead atoms. The smallest absolute Gasteiger partial charge is 0.0316 e. The van der Waals surface area contributed by atoms with Gasteiger partial charge < -0.3 is 5.73 Å². The van der Waals surface area contributed by atoms with Gasteiger partial charge in [0.1, 0.15) is 0 Å². The maximum Gasteiger partial charge on any atom is 0.0316 e. The molecule has 0 aliphatic heterocycles. The van der Waals surface area contributed by atoms with Gasteiger partial charge in [0.05, 0.1) is 0 Å². The molecule has 0 aromatic heterocycles. The summed E-state index contributed by atoms with van der Waals surface area (Å²) in [6.45, 7) is 0. The lowest BCUT2D eigenvalue weighted by atomic mass is 9.94. The summed E-state index contributed by atoms with van der Waals surface area (Å²) in [5, 5.41) is 2.55. The third-order valence-corrected chi connectivity index (χ3v) is 4.45. The van der Waals surface area contributed by atoms with Crippen molar-refractivity contribution in [3.8, 4) is 0 Å². The first kappa shape index (κ1) is 14.6. The van der Waals surface area contributed by atoms with Gasteiger partial charge >= 0.3 is 0 Å². The van der Waals surface area contributed by atoms with Gasteiger partial charge in [-0.05, 0) is 63.7 Å². The van der Waals surface area contributed by atoms with Crippen LogP contribution >= 0.6 is 0 Å². The minimum absolute atomic E-state index is 0.820. The molecule has 3 aromatic rings. The molecule has 4 rings (SSSR count). The first-order chi connectivity index (χ1) is 11.8. The Labute approximate surface area is 142 Å². The summed E-state index contributed by atoms with van der Waals surface area (Å²) in [6, 6.07) is 23.2. The second-order valence-electron chi connectivity index (χ2n) is 6.24. The minimum atomic E-state index is 0.820. The number of fused-ring (bicyclic) bond motifs is 1. The molecule has 0 saturated carbocycles. The molecule has 0 fully saturated rings. The summed E-state index contributed by atoms with van der Waals surface area (Å²) < 4.78 is 0. The van der Waals surface area contributed by atoms with Crippen LogP contribution in [0.5, 0.6) is 0 Å². The van der Waals surface area contributed by atoms with Gasteiger partial charge in [-0.15, -0.1) is 5.73 Å². The van der Waals surface area contributed by atoms with Crippen LogP contribution in [0.4, 0.5) is 5.69 Å². The highest BCUT2D eigenvalue weighted by atomic mass is 14.5. The summed E-state index contributed by atoms with van der Waals surface area (Å²) in [5.41, 5.74) is 15.2. The van der Waals surface area contributed by atoms with Gasteiger partial charge in [-0.25, -0.2) is 0 Å². The lowest BCUT2D eigenvalue weighted by Crippen LogP contribution is -1.94. The Morgan fingerprint density at radius 3 is 2.54 bits per heavy atom. The topological polar surface area (TPSA) is 26.0 Å². The second-order valence-corrected chi connectivity index (χ2v) is 6.24. The molecule has 24 heavy (non-hydrogen) atoms. The maximum atomic E-state index is 5.86. The van der Waals surface area contributed by atoms with Crippen LogP contribution in [-0.4, -0.2) is 0 Å². The quantitative estimate of drug-likeness (QED) is 0.499. The molecule has 1 nitrogen and oxygen atoms in total. The van der Waals surface area contributed by atoms with Crippen molar-refractivity contribution in [3.05, 3.63) is 101 Å². The summed E-state index contributed by atoms with van der Waals surface area (Å²) in [5.74, 6) is 0. The van der Waals surface area contributed by atoms with Crippen LogP contribution in [0, 0.1) is 0 Å². The molecule has 2 N–H and O–H groups in total. The highest BCUT2D eigenvalue weighted by Gasteiger charge is 2.06. The number of allylic oxidation sites excluding steroid dienone is 3. The monoisotopic (exact) mass is 309 g/mol. The highest BCUT2D eigenvalue weighted by molar-refractivity contribution is 5.88. The number of hydrogen-bond acceptors (Lipinski definition) is 1. The molecule has 0 spiro atoms. The van der Waals surface area contributed by atoms with Crippen molar-refractivity contribution < 1.29 is 0 Å². The second kappa shape index (κ2) is 6.23. The molecular weight excluding hydrogens is 290 g/mol. The van der Waals surface area contributed by atoms with Crippen molar-refractivity contribution in [3.63, 3.8) is 0 Å². The van der Waals surface area contributed by atoms with E-state index in [-0.39, 0.29) is 0 Å². The number of anilines is 1. The first-order valence-electron chi connectivity index (χ1n) is 8.26. The molecule has 0 amide bonds. The van der Waals surface area contributed by atoms with Gasteiger partial charge in [-0.2, -0.15) is 0 Å². The zero-order valence-corrected chi connectivity index (χ0v) is 13.5. The Bertz CT molecular complexity index is 1000. The van der Waals surface area contributed by atoms with Gasteiger partial charge in [0.2, 0.25) is 0 Å². The number of nitrogens with two attached hydrogens (primary N) is 1. The first-order valence-corrected chi connectivity index (χ1v) is 8.26. The van der Waals surface area contributed by atoms with E-state index in [0.717, 1.165) is 18.5 Å². The summed E-state index contributed by atoms with van der Waals surface area (Å²) in [7, 11) is 0. The fourth-order valence-electron chi connectivity index (χ4n) is 3.17. The van der Waals surface area contributed by atoms with Crippen LogP contribution in [0.2, 0.25) is 0 Å². The van der Waals surface area contributed by atoms with Crippen molar-refractivity contribution in [2.75, 3.05) is 5.73 Å². The van der Waals surface area contributed by atoms with Crippen molar-refractivity contribution in [2.45, 2.75) is 12.8 Å². The lowest BCUT2D eigenvalue weighted by molar-refractivity contribution is 1.07. The van der Waals surface area contributed by atoms with E-state index in [1.165, 1.54) is 33.0 Å². The predicted octanol–water partition coefficient (Wildman–Crippen LogP) is 5.53. The number of nitrogen functional groups attached to an aromatic ring is 1. The van der Waals surface area contributed by atoms with Gasteiger partial charge in [0.15, 0.2) is 0 Å². The third-order valence-electron chi connectivity index (χ3n) is 4.45. The highest BCUT2D eigenvalue weighted by Crippen LogP contribution is 2.26. The van der Waals surface area contributed by atoms with E-state index >= 15 is 0 Å². The predicted molar refractivity (Wildman–Crippen MR) is 103 cm³/mol. The molecule has 1 aliphatic rings. The Morgan fingerprint density at radius 2 is 1.75 bits per heavy atom. The van der Waals surface area contributed by atoms with Crippen molar-refractivity contribution >= 4 is 22.0 Å². The molecule has 3 aromatic carbocycles. The van der Waals surface area contributed by atoms with E-state index in [0.29, 0.717) is 0 Å². The maximum absolute atomic E-state index is 5.86. The fourth-order valence-corrected chi connectivity index (χ4v) is 3.17. The lowest BCUT2D eigenvalue weighted by Gasteiger charge is -2.10. The van der Waals surface area contributed by atoms with E-state index in [1.54, 1.807) is 0 Å². The molecule has 0 saturated heterocycles. The SMILES string of the molecule is Nc1cccc(CC2=C=CC(c3ccc4ccccc4c3)=CC2)c1. The van der Waals surface area contributed by atoms with Crippen LogP contribution in [0.3, 0.4) is 0 Å². The minimum Gasteiger partial charge on any atom is -0.399 e. The fraction of sp³-hybridized carbons (Fsp3) is 0.0870. The molecule has 1 heteroatoms. The zero-order chi connectivity index (χ0) is 16.4. The molecular formula is C23H19N. The van der Waals surface area contributed by atoms with Crippen LogP contribution < -0.4 is 5.73 Å². The molecule has 0 heterocycles. The van der Waals surface area contributed by atoms with E-state index in [2.05, 4.69) is 66.4 Å². The number of rotatable bonds is 3. The third kappa shape index (κ3) is 3.03. The molecule has 1 aliphatic carbocycles. The van der Waals surface area contributed by atoms with Gasteiger partial charge in [-0.1, -0.05) is 54.6 Å². The Balaban J connectivity index is 1.58. The van der Waals surface area contributed by atoms with Crippen molar-refractivity contribution in [1.29, 1.82) is 0 Å². The molecule has 0 atom stereocenters. The summed E-state index contributed by atoms with van der Waals surface area (Å²) in [4.78, 5) is 0. The van der Waals surface area contributed by atoms with E-state index in [4.69, 9.17) is 5.73 Å². The molecule has 116 valence electrons. The average Bonchev–Trinajstić information content (AvgIpc) is 2.62. The van der Waals surface area contributed by atoms with Crippen LogP contribution in [-0.2, 0) is 6.42 Å². The van der Waals surface area contributed by atoms with E-state index in [1.807, 2.05) is 18.2 Å². The van der Waals surface area contributed by atoms with Crippen molar-refractivity contribution in [2.24, 2.45) is 0 Å². The van der Waals surface area contributed by atoms with Crippen LogP contribution in [0.15, 0.2) is 90.2 Å². The normalized spacial score (nSPS) is 13.7. The van der Waals surface area contributed by atoms with Gasteiger partial charge in [0.25, 0.3) is 0 Å². The van der Waals surface area contributed by atoms with Gasteiger partial charge in [0, 0.05) is 12.1 Å². The average molecular weight is 309 g/mol. The zero-order valence-electron chi connectivity index (χ0n) is 13.5. The van der Waals surface area contributed by atoms with Gasteiger partial charge in [-0.3, -0.25) is 0 Å². The Kier molecular flexibility index (Phi) is 3.78. The number of hydrogen-bond donors (Lipinski definition) is 1. The van der Waals surface area contributed by atoms with E-state index < -0.39 is 0 Å². The Morgan fingerprint density at radius 1 is 0.875 bits per heavy atom. The van der Waals surface area contributed by atoms with Crippen LogP contribution in [0.1, 0.15) is 17.5 Å². The Hall–Kier alpha value is -3.02.